The lowest BCUT2D eigenvalue weighted by Crippen LogP contribution is -2.29. The highest BCUT2D eigenvalue weighted by atomic mass is 16.5. The van der Waals surface area contributed by atoms with Crippen molar-refractivity contribution in [3.63, 3.8) is 0 Å². The summed E-state index contributed by atoms with van der Waals surface area (Å²) in [5.41, 5.74) is 1.47. The van der Waals surface area contributed by atoms with E-state index in [-0.39, 0.29) is 11.3 Å². The molecule has 0 saturated carbocycles. The van der Waals surface area contributed by atoms with Gasteiger partial charge in [0.05, 0.1) is 7.11 Å². The molecular weight excluding hydrogens is 228 g/mol. The first-order valence-corrected chi connectivity index (χ1v) is 4.69. The van der Waals surface area contributed by atoms with Crippen LogP contribution < -0.4 is 10.9 Å². The number of pyridine rings is 1. The van der Waals surface area contributed by atoms with Crippen molar-refractivity contribution in [2.45, 2.75) is 6.92 Å². The molecule has 0 unspecified atom stereocenters. The van der Waals surface area contributed by atoms with Gasteiger partial charge in [-0.15, -0.1) is 0 Å². The van der Waals surface area contributed by atoms with E-state index in [9.17, 15) is 14.4 Å². The number of nitrogens with one attached hydrogen (secondary N) is 1. The second-order valence-electron chi connectivity index (χ2n) is 3.24. The Labute approximate surface area is 96.6 Å². The largest absolute Gasteiger partial charge is 0.477 e. The lowest BCUT2D eigenvalue weighted by molar-refractivity contribution is 0.0585. The van der Waals surface area contributed by atoms with Gasteiger partial charge in [-0.05, 0) is 6.92 Å². The number of carboxylic acid groups (broad SMARTS) is 1. The predicted molar refractivity (Wildman–Crippen MR) is 59.0 cm³/mol. The van der Waals surface area contributed by atoms with E-state index in [1.807, 2.05) is 0 Å². The van der Waals surface area contributed by atoms with Crippen molar-refractivity contribution < 1.29 is 19.4 Å². The molecule has 1 heterocycles. The van der Waals surface area contributed by atoms with Gasteiger partial charge < -0.3 is 15.3 Å². The Bertz CT molecular complexity index is 532. The van der Waals surface area contributed by atoms with Crippen molar-refractivity contribution >= 4 is 11.9 Å². The third kappa shape index (κ3) is 2.12. The van der Waals surface area contributed by atoms with E-state index in [0.29, 0.717) is 0 Å². The van der Waals surface area contributed by atoms with Crippen LogP contribution in [-0.2, 0) is 4.74 Å². The summed E-state index contributed by atoms with van der Waals surface area (Å²) in [7, 11) is 2.67. The molecule has 1 rings (SSSR count). The third-order valence-corrected chi connectivity index (χ3v) is 2.29. The molecule has 0 radical (unpaired) electrons. The molecule has 0 bridgehead atoms. The Morgan fingerprint density at radius 2 is 2.06 bits per heavy atom. The molecule has 2 N–H and O–H groups in total. The van der Waals surface area contributed by atoms with Crippen molar-refractivity contribution in [2.75, 3.05) is 19.6 Å². The van der Waals surface area contributed by atoms with Crippen LogP contribution in [0, 0.1) is 6.92 Å². The van der Waals surface area contributed by atoms with Gasteiger partial charge in [0.1, 0.15) is 5.56 Å². The van der Waals surface area contributed by atoms with Gasteiger partial charge in [0.25, 0.3) is 0 Å². The molecule has 0 atom stereocenters. The minimum Gasteiger partial charge on any atom is -0.477 e. The van der Waals surface area contributed by atoms with Crippen molar-refractivity contribution in [3.05, 3.63) is 33.2 Å². The van der Waals surface area contributed by atoms with Gasteiger partial charge in [0.15, 0.2) is 11.1 Å². The standard InChI is InChI=1S/C10H12N2O5/c1-5-7(10(16)17-3)12(11-2)4-6(8(5)13)9(14)15/h4,11H,1-3H3,(H,14,15). The first kappa shape index (κ1) is 12.8. The minimum atomic E-state index is -1.35. The van der Waals surface area contributed by atoms with Crippen LogP contribution in [0.5, 0.6) is 0 Å². The van der Waals surface area contributed by atoms with E-state index in [1.165, 1.54) is 21.1 Å². The number of aromatic nitrogens is 1. The number of nitrogens with zero attached hydrogens (tertiary/aromatic N) is 1. The summed E-state index contributed by atoms with van der Waals surface area (Å²) in [6.07, 6.45) is 1.05. The molecule has 7 heteroatoms. The number of hydrogen-bond donors (Lipinski definition) is 2. The van der Waals surface area contributed by atoms with Crippen molar-refractivity contribution in [3.8, 4) is 0 Å². The van der Waals surface area contributed by atoms with E-state index in [4.69, 9.17) is 5.11 Å². The number of rotatable bonds is 3. The summed E-state index contributed by atoms with van der Waals surface area (Å²) in [5.74, 6) is -2.07. The monoisotopic (exact) mass is 240 g/mol. The summed E-state index contributed by atoms with van der Waals surface area (Å²) >= 11 is 0. The summed E-state index contributed by atoms with van der Waals surface area (Å²) in [5, 5.41) is 8.84. The van der Waals surface area contributed by atoms with E-state index in [1.54, 1.807) is 0 Å². The van der Waals surface area contributed by atoms with Crippen LogP contribution >= 0.6 is 0 Å². The molecule has 0 saturated heterocycles. The number of ether oxygens (including phenoxy) is 1. The second kappa shape index (κ2) is 4.69. The zero-order chi connectivity index (χ0) is 13.2. The highest BCUT2D eigenvalue weighted by Crippen LogP contribution is 2.06. The normalized spacial score (nSPS) is 9.82. The zero-order valence-electron chi connectivity index (χ0n) is 9.60. The van der Waals surface area contributed by atoms with Crippen molar-refractivity contribution in [1.29, 1.82) is 0 Å². The number of carbonyl (C=O) groups excluding carboxylic acids is 1. The Morgan fingerprint density at radius 1 is 1.47 bits per heavy atom. The molecule has 1 aromatic heterocycles. The van der Waals surface area contributed by atoms with Crippen LogP contribution in [0.15, 0.2) is 11.0 Å². The smallest absolute Gasteiger partial charge is 0.357 e. The maximum atomic E-state index is 11.7. The highest BCUT2D eigenvalue weighted by molar-refractivity contribution is 5.92. The minimum absolute atomic E-state index is 0.0195. The number of esters is 1. The predicted octanol–water partition coefficient (Wildman–Crippen LogP) is -0.185. The average Bonchev–Trinajstić information content (AvgIpc) is 2.30. The van der Waals surface area contributed by atoms with Gasteiger partial charge in [0, 0.05) is 18.8 Å². The molecule has 0 spiro atoms. The third-order valence-electron chi connectivity index (χ3n) is 2.29. The lowest BCUT2D eigenvalue weighted by Gasteiger charge is -2.14. The summed E-state index contributed by atoms with van der Waals surface area (Å²) in [6, 6.07) is 0. The lowest BCUT2D eigenvalue weighted by atomic mass is 10.1. The van der Waals surface area contributed by atoms with E-state index < -0.39 is 22.9 Å². The van der Waals surface area contributed by atoms with Crippen LogP contribution in [0.2, 0.25) is 0 Å². The fraction of sp³-hybridized carbons (Fsp3) is 0.300. The maximum Gasteiger partial charge on any atom is 0.357 e. The first-order chi connectivity index (χ1) is 7.93. The number of methoxy groups -OCH3 is 1. The number of hydrogen-bond acceptors (Lipinski definition) is 5. The molecule has 0 aliphatic heterocycles. The fourth-order valence-corrected chi connectivity index (χ4v) is 1.42. The Kier molecular flexibility index (Phi) is 3.52. The summed E-state index contributed by atoms with van der Waals surface area (Å²) in [4.78, 5) is 34.0. The van der Waals surface area contributed by atoms with Gasteiger partial charge in [0.2, 0.25) is 0 Å². The topological polar surface area (TPSA) is 97.6 Å². The van der Waals surface area contributed by atoms with Crippen molar-refractivity contribution in [1.82, 2.24) is 4.68 Å². The maximum absolute atomic E-state index is 11.7. The van der Waals surface area contributed by atoms with Crippen LogP contribution in [0.4, 0.5) is 0 Å². The molecule has 1 aromatic rings. The molecule has 17 heavy (non-hydrogen) atoms. The summed E-state index contributed by atoms with van der Waals surface area (Å²) < 4.78 is 5.67. The van der Waals surface area contributed by atoms with Crippen LogP contribution in [-0.4, -0.2) is 35.9 Å². The molecule has 0 aromatic carbocycles. The molecule has 0 amide bonds. The van der Waals surface area contributed by atoms with E-state index in [2.05, 4.69) is 10.2 Å². The second-order valence-corrected chi connectivity index (χ2v) is 3.24. The molecular formula is C10H12N2O5. The van der Waals surface area contributed by atoms with Gasteiger partial charge >= 0.3 is 11.9 Å². The highest BCUT2D eigenvalue weighted by Gasteiger charge is 2.21. The SMILES string of the molecule is CNn1cc(C(=O)O)c(=O)c(C)c1C(=O)OC. The molecule has 92 valence electrons. The Hall–Kier alpha value is -2.31. The molecule has 7 nitrogen and oxygen atoms in total. The average molecular weight is 240 g/mol. The molecule has 0 aliphatic carbocycles. The first-order valence-electron chi connectivity index (χ1n) is 4.69. The van der Waals surface area contributed by atoms with E-state index in [0.717, 1.165) is 10.9 Å². The zero-order valence-corrected chi connectivity index (χ0v) is 9.60. The summed E-state index contributed by atoms with van der Waals surface area (Å²) in [6.45, 7) is 1.37. The molecule has 0 fully saturated rings. The number of carbonyl (C=O) groups is 2. The quantitative estimate of drug-likeness (QED) is 0.711. The Morgan fingerprint density at radius 3 is 2.47 bits per heavy atom. The number of carboxylic acids is 1. The van der Waals surface area contributed by atoms with Gasteiger partial charge in [-0.1, -0.05) is 0 Å². The van der Waals surface area contributed by atoms with Gasteiger partial charge in [-0.25, -0.2) is 9.59 Å². The Balaban J connectivity index is 3.64. The fourth-order valence-electron chi connectivity index (χ4n) is 1.42. The van der Waals surface area contributed by atoms with E-state index >= 15 is 0 Å². The number of aromatic carboxylic acids is 1. The van der Waals surface area contributed by atoms with Crippen LogP contribution in [0.1, 0.15) is 26.4 Å². The van der Waals surface area contributed by atoms with Crippen LogP contribution in [0.25, 0.3) is 0 Å². The molecule has 0 aliphatic rings. The van der Waals surface area contributed by atoms with Crippen LogP contribution in [0.3, 0.4) is 0 Å². The van der Waals surface area contributed by atoms with Gasteiger partial charge in [-0.3, -0.25) is 9.47 Å². The van der Waals surface area contributed by atoms with Crippen molar-refractivity contribution in [2.24, 2.45) is 0 Å². The van der Waals surface area contributed by atoms with Gasteiger partial charge in [-0.2, -0.15) is 0 Å².